The molecule has 0 N–H and O–H groups in total. The number of methoxy groups -OCH3 is 1. The van der Waals surface area contributed by atoms with Crippen LogP contribution in [-0.2, 0) is 9.53 Å². The minimum Gasteiger partial charge on any atom is -0.384 e. The van der Waals surface area contributed by atoms with Crippen LogP contribution in [0.2, 0.25) is 0 Å². The Morgan fingerprint density at radius 3 is 2.71 bits per heavy atom. The SMILES string of the molecule is COCCC(=O)CC(=O)c1ccc(F)cc1Br. The second-order valence-corrected chi connectivity index (χ2v) is 4.36. The number of rotatable bonds is 6. The van der Waals surface area contributed by atoms with E-state index in [1.54, 1.807) is 0 Å². The predicted octanol–water partition coefficient (Wildman–Crippen LogP) is 2.77. The maximum atomic E-state index is 12.8. The molecule has 0 amide bonds. The molecule has 1 rings (SSSR count). The average molecular weight is 303 g/mol. The number of carbonyl (C=O) groups excluding carboxylic acids is 2. The number of hydrogen-bond acceptors (Lipinski definition) is 3. The number of carbonyl (C=O) groups is 2. The first-order chi connectivity index (χ1) is 8.04. The van der Waals surface area contributed by atoms with Crippen LogP contribution in [0.4, 0.5) is 4.39 Å². The van der Waals surface area contributed by atoms with Gasteiger partial charge in [-0.2, -0.15) is 0 Å². The van der Waals surface area contributed by atoms with Crippen LogP contribution in [0, 0.1) is 5.82 Å². The van der Waals surface area contributed by atoms with Crippen LogP contribution in [0.5, 0.6) is 0 Å². The van der Waals surface area contributed by atoms with Crippen LogP contribution in [0.3, 0.4) is 0 Å². The second-order valence-electron chi connectivity index (χ2n) is 3.51. The molecule has 0 heterocycles. The van der Waals surface area contributed by atoms with Gasteiger partial charge in [0.05, 0.1) is 13.0 Å². The highest BCUT2D eigenvalue weighted by atomic mass is 79.9. The van der Waals surface area contributed by atoms with Crippen LogP contribution in [0.15, 0.2) is 22.7 Å². The third-order valence-electron chi connectivity index (χ3n) is 2.17. The molecule has 0 aliphatic carbocycles. The molecule has 3 nitrogen and oxygen atoms in total. The van der Waals surface area contributed by atoms with Crippen LogP contribution >= 0.6 is 15.9 Å². The predicted molar refractivity (Wildman–Crippen MR) is 64.5 cm³/mol. The molecule has 0 aliphatic rings. The molecule has 5 heteroatoms. The quantitative estimate of drug-likeness (QED) is 0.599. The summed E-state index contributed by atoms with van der Waals surface area (Å²) in [7, 11) is 1.49. The summed E-state index contributed by atoms with van der Waals surface area (Å²) in [5, 5.41) is 0. The van der Waals surface area contributed by atoms with E-state index in [0.29, 0.717) is 16.6 Å². The molecule has 0 atom stereocenters. The third kappa shape index (κ3) is 4.36. The molecule has 0 bridgehead atoms. The molecule has 1 aromatic rings. The zero-order valence-electron chi connectivity index (χ0n) is 9.33. The number of ether oxygens (including phenoxy) is 1. The van der Waals surface area contributed by atoms with Crippen molar-refractivity contribution in [3.8, 4) is 0 Å². The lowest BCUT2D eigenvalue weighted by Crippen LogP contribution is -2.10. The van der Waals surface area contributed by atoms with Crippen molar-refractivity contribution in [2.45, 2.75) is 12.8 Å². The van der Waals surface area contributed by atoms with Gasteiger partial charge in [0.25, 0.3) is 0 Å². The van der Waals surface area contributed by atoms with Gasteiger partial charge in [-0.05, 0) is 34.1 Å². The largest absolute Gasteiger partial charge is 0.384 e. The Labute approximate surface area is 107 Å². The first-order valence-electron chi connectivity index (χ1n) is 5.03. The first kappa shape index (κ1) is 14.0. The summed E-state index contributed by atoms with van der Waals surface area (Å²) in [6.45, 7) is 0.302. The Balaban J connectivity index is 2.67. The van der Waals surface area contributed by atoms with Gasteiger partial charge in [0.1, 0.15) is 11.6 Å². The lowest BCUT2D eigenvalue weighted by atomic mass is 10.0. The molecule has 0 aliphatic heterocycles. The highest BCUT2D eigenvalue weighted by molar-refractivity contribution is 9.10. The first-order valence-corrected chi connectivity index (χ1v) is 5.82. The van der Waals surface area contributed by atoms with Crippen LogP contribution < -0.4 is 0 Å². The van der Waals surface area contributed by atoms with E-state index in [-0.39, 0.29) is 24.4 Å². The summed E-state index contributed by atoms with van der Waals surface area (Å²) in [6.07, 6.45) is 0.0225. The molecule has 0 saturated carbocycles. The maximum Gasteiger partial charge on any atom is 0.171 e. The fourth-order valence-corrected chi connectivity index (χ4v) is 1.87. The van der Waals surface area contributed by atoms with E-state index in [2.05, 4.69) is 15.9 Å². The molecule has 0 aromatic heterocycles. The van der Waals surface area contributed by atoms with E-state index in [1.165, 1.54) is 25.3 Å². The lowest BCUT2D eigenvalue weighted by Gasteiger charge is -2.03. The van der Waals surface area contributed by atoms with Gasteiger partial charge in [0.15, 0.2) is 5.78 Å². The lowest BCUT2D eigenvalue weighted by molar-refractivity contribution is -0.119. The van der Waals surface area contributed by atoms with E-state index in [4.69, 9.17) is 4.74 Å². The number of benzene rings is 1. The molecular weight excluding hydrogens is 291 g/mol. The van der Waals surface area contributed by atoms with Crippen molar-refractivity contribution < 1.29 is 18.7 Å². The van der Waals surface area contributed by atoms with Crippen molar-refractivity contribution in [2.75, 3.05) is 13.7 Å². The Morgan fingerprint density at radius 2 is 2.12 bits per heavy atom. The molecule has 0 spiro atoms. The van der Waals surface area contributed by atoms with Crippen molar-refractivity contribution in [2.24, 2.45) is 0 Å². The summed E-state index contributed by atoms with van der Waals surface area (Å²) < 4.78 is 17.9. The average Bonchev–Trinajstić information content (AvgIpc) is 2.26. The Hall–Kier alpha value is -1.07. The fraction of sp³-hybridized carbons (Fsp3) is 0.333. The van der Waals surface area contributed by atoms with Gasteiger partial charge >= 0.3 is 0 Å². The third-order valence-corrected chi connectivity index (χ3v) is 2.83. The maximum absolute atomic E-state index is 12.8. The van der Waals surface area contributed by atoms with Gasteiger partial charge in [-0.1, -0.05) is 0 Å². The summed E-state index contributed by atoms with van der Waals surface area (Å²) in [6, 6.07) is 3.76. The normalized spacial score (nSPS) is 10.3. The van der Waals surface area contributed by atoms with Crippen LogP contribution in [0.1, 0.15) is 23.2 Å². The summed E-state index contributed by atoms with van der Waals surface area (Å²) in [4.78, 5) is 23.1. The van der Waals surface area contributed by atoms with Gasteiger partial charge < -0.3 is 4.74 Å². The van der Waals surface area contributed by atoms with E-state index >= 15 is 0 Å². The highest BCUT2D eigenvalue weighted by Crippen LogP contribution is 2.19. The molecule has 1 aromatic carbocycles. The van der Waals surface area contributed by atoms with Crippen LogP contribution in [0.25, 0.3) is 0 Å². The Kier molecular flexibility index (Phi) is 5.44. The van der Waals surface area contributed by atoms with E-state index in [0.717, 1.165) is 0 Å². The van der Waals surface area contributed by atoms with Gasteiger partial charge in [0, 0.05) is 23.6 Å². The smallest absolute Gasteiger partial charge is 0.171 e. The summed E-state index contributed by atoms with van der Waals surface area (Å²) in [5.41, 5.74) is 0.317. The molecule has 0 unspecified atom stereocenters. The number of ketones is 2. The Bertz CT molecular complexity index is 432. The molecule has 0 saturated heterocycles. The fourth-order valence-electron chi connectivity index (χ4n) is 1.29. The standard InChI is InChI=1S/C12H12BrFO3/c1-17-5-4-9(15)7-12(16)10-3-2-8(14)6-11(10)13/h2-3,6H,4-5,7H2,1H3. The van der Waals surface area contributed by atoms with Crippen LogP contribution in [-0.4, -0.2) is 25.3 Å². The Morgan fingerprint density at radius 1 is 1.41 bits per heavy atom. The van der Waals surface area contributed by atoms with Crippen molar-refractivity contribution in [3.63, 3.8) is 0 Å². The highest BCUT2D eigenvalue weighted by Gasteiger charge is 2.14. The minimum absolute atomic E-state index is 0.187. The molecule has 92 valence electrons. The zero-order chi connectivity index (χ0) is 12.8. The minimum atomic E-state index is -0.431. The topological polar surface area (TPSA) is 43.4 Å². The van der Waals surface area contributed by atoms with Crippen molar-refractivity contribution >= 4 is 27.5 Å². The molecular formula is C12H12BrFO3. The monoisotopic (exact) mass is 302 g/mol. The van der Waals surface area contributed by atoms with Gasteiger partial charge in [0.2, 0.25) is 0 Å². The molecule has 17 heavy (non-hydrogen) atoms. The van der Waals surface area contributed by atoms with Gasteiger partial charge in [-0.3, -0.25) is 9.59 Å². The number of hydrogen-bond donors (Lipinski definition) is 0. The van der Waals surface area contributed by atoms with Crippen molar-refractivity contribution in [1.29, 1.82) is 0 Å². The molecule has 0 radical (unpaired) electrons. The summed E-state index contributed by atoms with van der Waals surface area (Å²) in [5.74, 6) is -0.940. The number of halogens is 2. The number of Topliss-reactive ketones (excluding diaryl/α,β-unsaturated/α-hetero) is 2. The zero-order valence-corrected chi connectivity index (χ0v) is 10.9. The summed E-state index contributed by atoms with van der Waals surface area (Å²) >= 11 is 3.09. The van der Waals surface area contributed by atoms with Gasteiger partial charge in [-0.15, -0.1) is 0 Å². The van der Waals surface area contributed by atoms with Crippen molar-refractivity contribution in [1.82, 2.24) is 0 Å². The second kappa shape index (κ2) is 6.61. The molecule has 0 fully saturated rings. The van der Waals surface area contributed by atoms with E-state index in [9.17, 15) is 14.0 Å². The van der Waals surface area contributed by atoms with Gasteiger partial charge in [-0.25, -0.2) is 4.39 Å². The van der Waals surface area contributed by atoms with E-state index < -0.39 is 5.82 Å². The van der Waals surface area contributed by atoms with E-state index in [1.807, 2.05) is 0 Å². The van der Waals surface area contributed by atoms with Crippen molar-refractivity contribution in [3.05, 3.63) is 34.1 Å².